The van der Waals surface area contributed by atoms with Crippen molar-refractivity contribution in [3.63, 3.8) is 0 Å². The van der Waals surface area contributed by atoms with Gasteiger partial charge >= 0.3 is 5.97 Å². The Morgan fingerprint density at radius 1 is 1.47 bits per heavy atom. The fraction of sp³-hybridized carbons (Fsp3) is 0.533. The topological polar surface area (TPSA) is 66.8 Å². The van der Waals surface area contributed by atoms with E-state index in [9.17, 15) is 9.90 Å². The average molecular weight is 264 g/mol. The number of aliphatic carboxylic acids is 1. The number of rotatable bonds is 5. The molecule has 0 aromatic heterocycles. The number of hydrogen-bond acceptors (Lipinski definition) is 3. The van der Waals surface area contributed by atoms with Gasteiger partial charge in [-0.15, -0.1) is 0 Å². The standard InChI is InChI=1S/C15H20O4/c1-2-3-8-15(18)12(10-14(16)17)9-11-6-4-5-7-13(11)19-15/h4-7,12,18H,2-3,8-10H2,1H3,(H,16,17). The smallest absolute Gasteiger partial charge is 0.303 e. The van der Waals surface area contributed by atoms with Crippen molar-refractivity contribution in [3.05, 3.63) is 29.8 Å². The maximum absolute atomic E-state index is 11.0. The second-order valence-electron chi connectivity index (χ2n) is 5.16. The number of fused-ring (bicyclic) bond motifs is 1. The molecule has 0 amide bonds. The van der Waals surface area contributed by atoms with Gasteiger partial charge in [0.2, 0.25) is 5.79 Å². The molecule has 2 N–H and O–H groups in total. The van der Waals surface area contributed by atoms with Gasteiger partial charge in [-0.2, -0.15) is 0 Å². The molecular formula is C15H20O4. The van der Waals surface area contributed by atoms with Crippen molar-refractivity contribution in [1.29, 1.82) is 0 Å². The minimum atomic E-state index is -1.36. The van der Waals surface area contributed by atoms with Gasteiger partial charge in [-0.1, -0.05) is 31.5 Å². The van der Waals surface area contributed by atoms with E-state index in [0.717, 1.165) is 18.4 Å². The predicted molar refractivity (Wildman–Crippen MR) is 71.0 cm³/mol. The molecule has 4 heteroatoms. The first-order valence-corrected chi connectivity index (χ1v) is 6.76. The number of ether oxygens (including phenoxy) is 1. The number of carbonyl (C=O) groups is 1. The van der Waals surface area contributed by atoms with Crippen LogP contribution in [-0.4, -0.2) is 22.0 Å². The quantitative estimate of drug-likeness (QED) is 0.857. The molecule has 0 fully saturated rings. The Bertz CT molecular complexity index is 457. The van der Waals surface area contributed by atoms with Crippen LogP contribution >= 0.6 is 0 Å². The number of benzene rings is 1. The monoisotopic (exact) mass is 264 g/mol. The van der Waals surface area contributed by atoms with E-state index in [1.807, 2.05) is 31.2 Å². The first-order valence-electron chi connectivity index (χ1n) is 6.76. The van der Waals surface area contributed by atoms with Crippen LogP contribution in [0.3, 0.4) is 0 Å². The zero-order valence-corrected chi connectivity index (χ0v) is 11.1. The summed E-state index contributed by atoms with van der Waals surface area (Å²) in [4.78, 5) is 11.0. The number of unbranched alkanes of at least 4 members (excludes halogenated alkanes) is 1. The molecule has 1 aromatic carbocycles. The summed E-state index contributed by atoms with van der Waals surface area (Å²) in [6.45, 7) is 2.03. The van der Waals surface area contributed by atoms with E-state index in [1.165, 1.54) is 0 Å². The summed E-state index contributed by atoms with van der Waals surface area (Å²) >= 11 is 0. The highest BCUT2D eigenvalue weighted by Crippen LogP contribution is 2.39. The van der Waals surface area contributed by atoms with E-state index < -0.39 is 17.7 Å². The van der Waals surface area contributed by atoms with Crippen LogP contribution in [0.5, 0.6) is 5.75 Å². The van der Waals surface area contributed by atoms with Gasteiger partial charge in [0, 0.05) is 12.3 Å². The number of carboxylic acids is 1. The van der Waals surface area contributed by atoms with E-state index in [1.54, 1.807) is 0 Å². The Kier molecular flexibility index (Phi) is 4.10. The van der Waals surface area contributed by atoms with Gasteiger partial charge in [0.05, 0.1) is 6.42 Å². The third-order valence-electron chi connectivity index (χ3n) is 3.67. The Hall–Kier alpha value is -1.55. The normalized spacial score (nSPS) is 25.5. The number of hydrogen-bond donors (Lipinski definition) is 2. The Balaban J connectivity index is 2.25. The first kappa shape index (κ1) is 13.9. The summed E-state index contributed by atoms with van der Waals surface area (Å²) in [6.07, 6.45) is 2.69. The molecule has 19 heavy (non-hydrogen) atoms. The van der Waals surface area contributed by atoms with E-state index in [4.69, 9.17) is 9.84 Å². The van der Waals surface area contributed by atoms with Gasteiger partial charge < -0.3 is 14.9 Å². The Morgan fingerprint density at radius 3 is 2.89 bits per heavy atom. The molecule has 0 radical (unpaired) electrons. The van der Waals surface area contributed by atoms with Crippen LogP contribution in [0.4, 0.5) is 0 Å². The largest absolute Gasteiger partial charge is 0.481 e. The molecule has 1 heterocycles. The van der Waals surface area contributed by atoms with Crippen molar-refractivity contribution in [1.82, 2.24) is 0 Å². The Labute approximate surface area is 113 Å². The molecule has 1 aliphatic heterocycles. The molecule has 4 nitrogen and oxygen atoms in total. The molecule has 0 bridgehead atoms. The molecule has 2 atom stereocenters. The zero-order chi connectivity index (χ0) is 13.9. The van der Waals surface area contributed by atoms with Gasteiger partial charge in [-0.3, -0.25) is 4.79 Å². The summed E-state index contributed by atoms with van der Waals surface area (Å²) in [7, 11) is 0. The molecule has 0 saturated carbocycles. The second kappa shape index (κ2) is 5.61. The van der Waals surface area contributed by atoms with Crippen molar-refractivity contribution in [2.45, 2.75) is 44.8 Å². The van der Waals surface area contributed by atoms with E-state index >= 15 is 0 Å². The number of para-hydroxylation sites is 1. The van der Waals surface area contributed by atoms with Crippen molar-refractivity contribution in [2.75, 3.05) is 0 Å². The van der Waals surface area contributed by atoms with E-state index in [-0.39, 0.29) is 6.42 Å². The molecule has 104 valence electrons. The fourth-order valence-corrected chi connectivity index (χ4v) is 2.60. The zero-order valence-electron chi connectivity index (χ0n) is 11.1. The summed E-state index contributed by atoms with van der Waals surface area (Å²) in [5, 5.41) is 19.7. The van der Waals surface area contributed by atoms with Crippen LogP contribution in [0.1, 0.15) is 38.2 Å². The highest BCUT2D eigenvalue weighted by Gasteiger charge is 2.43. The van der Waals surface area contributed by atoms with Crippen LogP contribution in [-0.2, 0) is 11.2 Å². The predicted octanol–water partition coefficient (Wildman–Crippen LogP) is 2.59. The lowest BCUT2D eigenvalue weighted by molar-refractivity contribution is -0.197. The molecule has 1 aliphatic rings. The van der Waals surface area contributed by atoms with Crippen LogP contribution in [0.2, 0.25) is 0 Å². The summed E-state index contributed by atoms with van der Waals surface area (Å²) < 4.78 is 5.73. The highest BCUT2D eigenvalue weighted by atomic mass is 16.6. The SMILES string of the molecule is CCCCC1(O)Oc2ccccc2CC1CC(=O)O. The molecule has 1 aromatic rings. The molecule has 0 spiro atoms. The third kappa shape index (κ3) is 3.07. The fourth-order valence-electron chi connectivity index (χ4n) is 2.60. The lowest BCUT2D eigenvalue weighted by Crippen LogP contribution is -2.48. The second-order valence-corrected chi connectivity index (χ2v) is 5.16. The van der Waals surface area contributed by atoms with Gasteiger partial charge in [-0.05, 0) is 24.5 Å². The lowest BCUT2D eigenvalue weighted by atomic mass is 9.83. The van der Waals surface area contributed by atoms with Crippen LogP contribution in [0.25, 0.3) is 0 Å². The van der Waals surface area contributed by atoms with Crippen LogP contribution < -0.4 is 4.74 Å². The molecular weight excluding hydrogens is 244 g/mol. The van der Waals surface area contributed by atoms with Crippen molar-refractivity contribution in [2.24, 2.45) is 5.92 Å². The van der Waals surface area contributed by atoms with Crippen molar-refractivity contribution >= 4 is 5.97 Å². The first-order chi connectivity index (χ1) is 9.05. The van der Waals surface area contributed by atoms with Crippen molar-refractivity contribution in [3.8, 4) is 5.75 Å². The summed E-state index contributed by atoms with van der Waals surface area (Å²) in [5.41, 5.74) is 0.968. The van der Waals surface area contributed by atoms with Crippen molar-refractivity contribution < 1.29 is 19.7 Å². The Morgan fingerprint density at radius 2 is 2.21 bits per heavy atom. The molecule has 2 unspecified atom stereocenters. The number of aliphatic hydroxyl groups is 1. The average Bonchev–Trinajstić information content (AvgIpc) is 2.37. The minimum absolute atomic E-state index is 0.0749. The lowest BCUT2D eigenvalue weighted by Gasteiger charge is -2.40. The maximum Gasteiger partial charge on any atom is 0.303 e. The van der Waals surface area contributed by atoms with E-state index in [2.05, 4.69) is 0 Å². The van der Waals surface area contributed by atoms with Gasteiger partial charge in [0.15, 0.2) is 0 Å². The van der Waals surface area contributed by atoms with Gasteiger partial charge in [0.1, 0.15) is 5.75 Å². The third-order valence-corrected chi connectivity index (χ3v) is 3.67. The van der Waals surface area contributed by atoms with E-state index in [0.29, 0.717) is 18.6 Å². The molecule has 0 aliphatic carbocycles. The van der Waals surface area contributed by atoms with Gasteiger partial charge in [-0.25, -0.2) is 0 Å². The minimum Gasteiger partial charge on any atom is -0.481 e. The molecule has 0 saturated heterocycles. The molecule has 2 rings (SSSR count). The van der Waals surface area contributed by atoms with Gasteiger partial charge in [0.25, 0.3) is 0 Å². The highest BCUT2D eigenvalue weighted by molar-refractivity contribution is 5.67. The number of carboxylic acid groups (broad SMARTS) is 1. The summed E-state index contributed by atoms with van der Waals surface area (Å²) in [6, 6.07) is 7.50. The van der Waals surface area contributed by atoms with Crippen LogP contribution in [0, 0.1) is 5.92 Å². The summed E-state index contributed by atoms with van der Waals surface area (Å²) in [5.74, 6) is -1.99. The maximum atomic E-state index is 11.0. The van der Waals surface area contributed by atoms with Crippen LogP contribution in [0.15, 0.2) is 24.3 Å².